The summed E-state index contributed by atoms with van der Waals surface area (Å²) in [5.74, 6) is -0.253. The SMILES string of the molecule is CC(=O)Nc1ccc(S(=O)(=O)Nc2ccc(S(=O)(=O)Nc3onc(C)c3C)cc2)cc1. The molecule has 3 rings (SSSR count). The van der Waals surface area contributed by atoms with E-state index in [2.05, 4.69) is 19.9 Å². The predicted octanol–water partition coefficient (Wildman–Crippen LogP) is 2.85. The summed E-state index contributed by atoms with van der Waals surface area (Å²) in [4.78, 5) is 11.0. The number of hydrogen-bond acceptors (Lipinski definition) is 7. The van der Waals surface area contributed by atoms with Gasteiger partial charge < -0.3 is 9.84 Å². The highest BCUT2D eigenvalue weighted by Crippen LogP contribution is 2.24. The lowest BCUT2D eigenvalue weighted by Crippen LogP contribution is -2.15. The lowest BCUT2D eigenvalue weighted by molar-refractivity contribution is -0.114. The number of benzene rings is 2. The van der Waals surface area contributed by atoms with E-state index >= 15 is 0 Å². The largest absolute Gasteiger partial charge is 0.337 e. The number of aromatic nitrogens is 1. The number of anilines is 3. The van der Waals surface area contributed by atoms with Crippen LogP contribution in [0.25, 0.3) is 0 Å². The maximum absolute atomic E-state index is 12.5. The summed E-state index contributed by atoms with van der Waals surface area (Å²) in [6.07, 6.45) is 0. The van der Waals surface area contributed by atoms with E-state index in [4.69, 9.17) is 4.52 Å². The first-order chi connectivity index (χ1) is 14.5. The molecule has 12 heteroatoms. The van der Waals surface area contributed by atoms with Gasteiger partial charge in [-0.15, -0.1) is 0 Å². The molecule has 0 saturated carbocycles. The van der Waals surface area contributed by atoms with Gasteiger partial charge in [-0.05, 0) is 62.4 Å². The highest BCUT2D eigenvalue weighted by Gasteiger charge is 2.20. The highest BCUT2D eigenvalue weighted by molar-refractivity contribution is 7.93. The van der Waals surface area contributed by atoms with Crippen molar-refractivity contribution in [1.82, 2.24) is 5.16 Å². The molecule has 0 saturated heterocycles. The number of carbonyl (C=O) groups is 1. The van der Waals surface area contributed by atoms with Gasteiger partial charge in [-0.2, -0.15) is 0 Å². The summed E-state index contributed by atoms with van der Waals surface area (Å²) < 4.78 is 59.8. The number of aryl methyl sites for hydroxylation is 1. The fourth-order valence-corrected chi connectivity index (χ4v) is 4.63. The van der Waals surface area contributed by atoms with Crippen molar-refractivity contribution in [2.24, 2.45) is 0 Å². The van der Waals surface area contributed by atoms with Gasteiger partial charge in [0, 0.05) is 23.9 Å². The highest BCUT2D eigenvalue weighted by atomic mass is 32.2. The number of hydrogen-bond donors (Lipinski definition) is 3. The molecule has 1 aromatic heterocycles. The van der Waals surface area contributed by atoms with E-state index in [1.807, 2.05) is 0 Å². The Morgan fingerprint density at radius 1 is 0.806 bits per heavy atom. The lowest BCUT2D eigenvalue weighted by atomic mass is 10.3. The molecule has 0 unspecified atom stereocenters. The average molecular weight is 465 g/mol. The van der Waals surface area contributed by atoms with Gasteiger partial charge in [0.25, 0.3) is 20.0 Å². The van der Waals surface area contributed by atoms with E-state index in [-0.39, 0.29) is 27.3 Å². The number of nitrogens with one attached hydrogen (secondary N) is 3. The van der Waals surface area contributed by atoms with Gasteiger partial charge >= 0.3 is 0 Å². The average Bonchev–Trinajstić information content (AvgIpc) is 3.00. The van der Waals surface area contributed by atoms with E-state index < -0.39 is 20.0 Å². The van der Waals surface area contributed by atoms with Crippen molar-refractivity contribution < 1.29 is 26.2 Å². The first-order valence-electron chi connectivity index (χ1n) is 8.94. The summed E-state index contributed by atoms with van der Waals surface area (Å²) in [7, 11) is -7.85. The van der Waals surface area contributed by atoms with E-state index in [0.717, 1.165) is 0 Å². The molecule has 3 N–H and O–H groups in total. The van der Waals surface area contributed by atoms with Crippen molar-refractivity contribution in [2.75, 3.05) is 14.8 Å². The molecule has 10 nitrogen and oxygen atoms in total. The number of carbonyl (C=O) groups excluding carboxylic acids is 1. The van der Waals surface area contributed by atoms with Gasteiger partial charge in [0.15, 0.2) is 0 Å². The Bertz CT molecular complexity index is 1310. The van der Waals surface area contributed by atoms with Crippen molar-refractivity contribution in [3.8, 4) is 0 Å². The molecular weight excluding hydrogens is 444 g/mol. The van der Waals surface area contributed by atoms with Crippen LogP contribution in [-0.2, 0) is 24.8 Å². The quantitative estimate of drug-likeness (QED) is 0.487. The van der Waals surface area contributed by atoms with Crippen LogP contribution in [0.3, 0.4) is 0 Å². The Labute approximate surface area is 179 Å². The molecule has 0 spiro atoms. The summed E-state index contributed by atoms with van der Waals surface area (Å²) >= 11 is 0. The normalized spacial score (nSPS) is 11.7. The fraction of sp³-hybridized carbons (Fsp3) is 0.158. The maximum atomic E-state index is 12.5. The number of sulfonamides is 2. The van der Waals surface area contributed by atoms with Crippen molar-refractivity contribution >= 4 is 43.2 Å². The third-order valence-corrected chi connectivity index (χ3v) is 7.03. The van der Waals surface area contributed by atoms with Gasteiger partial charge in [-0.3, -0.25) is 9.52 Å². The Kier molecular flexibility index (Phi) is 6.04. The van der Waals surface area contributed by atoms with Crippen LogP contribution >= 0.6 is 0 Å². The smallest absolute Gasteiger partial charge is 0.264 e. The van der Waals surface area contributed by atoms with Crippen LogP contribution in [0.15, 0.2) is 62.8 Å². The molecule has 0 aliphatic carbocycles. The second-order valence-electron chi connectivity index (χ2n) is 6.66. The summed E-state index contributed by atoms with van der Waals surface area (Å²) in [6, 6.07) is 10.8. The third-order valence-electron chi connectivity index (χ3n) is 4.29. The Balaban J connectivity index is 1.75. The number of amides is 1. The fourth-order valence-electron chi connectivity index (χ4n) is 2.53. The van der Waals surface area contributed by atoms with E-state index in [9.17, 15) is 21.6 Å². The monoisotopic (exact) mass is 464 g/mol. The molecule has 0 aliphatic rings. The van der Waals surface area contributed by atoms with Gasteiger partial charge in [0.2, 0.25) is 11.8 Å². The molecule has 0 radical (unpaired) electrons. The van der Waals surface area contributed by atoms with Crippen LogP contribution in [0, 0.1) is 13.8 Å². The molecule has 2 aromatic carbocycles. The maximum Gasteiger partial charge on any atom is 0.264 e. The van der Waals surface area contributed by atoms with Crippen molar-refractivity contribution in [1.29, 1.82) is 0 Å². The van der Waals surface area contributed by atoms with Gasteiger partial charge in [0.05, 0.1) is 15.5 Å². The minimum absolute atomic E-state index is 0.0175. The van der Waals surface area contributed by atoms with Crippen molar-refractivity contribution in [3.63, 3.8) is 0 Å². The van der Waals surface area contributed by atoms with E-state index in [1.54, 1.807) is 13.8 Å². The van der Waals surface area contributed by atoms with Crippen LogP contribution in [-0.4, -0.2) is 27.9 Å². The second kappa shape index (κ2) is 8.40. The number of rotatable bonds is 7. The molecule has 0 fully saturated rings. The standard InChI is InChI=1S/C19H20N4O6S2/c1-12-13(2)21-29-19(12)23-31(27,28)18-10-6-16(7-11-18)22-30(25,26)17-8-4-15(5-9-17)20-14(3)24/h4-11,22-23H,1-3H3,(H,20,24). The van der Waals surface area contributed by atoms with Crippen LogP contribution in [0.1, 0.15) is 18.2 Å². The van der Waals surface area contributed by atoms with Crippen molar-refractivity contribution in [2.45, 2.75) is 30.6 Å². The summed E-state index contributed by atoms with van der Waals surface area (Å²) in [5, 5.41) is 6.25. The lowest BCUT2D eigenvalue weighted by Gasteiger charge is -2.10. The topological polar surface area (TPSA) is 147 Å². The Hall–Kier alpha value is -3.38. The molecule has 31 heavy (non-hydrogen) atoms. The third kappa shape index (κ3) is 5.22. The molecule has 0 atom stereocenters. The van der Waals surface area contributed by atoms with Crippen molar-refractivity contribution in [3.05, 3.63) is 59.8 Å². The predicted molar refractivity (Wildman–Crippen MR) is 115 cm³/mol. The van der Waals surface area contributed by atoms with Crippen LogP contribution in [0.5, 0.6) is 0 Å². The Morgan fingerprint density at radius 2 is 1.29 bits per heavy atom. The van der Waals surface area contributed by atoms with Gasteiger partial charge in [0.1, 0.15) is 0 Å². The summed E-state index contributed by atoms with van der Waals surface area (Å²) in [5.41, 5.74) is 1.77. The second-order valence-corrected chi connectivity index (χ2v) is 10.0. The van der Waals surface area contributed by atoms with Crippen LogP contribution in [0.2, 0.25) is 0 Å². The minimum Gasteiger partial charge on any atom is -0.337 e. The Morgan fingerprint density at radius 3 is 1.74 bits per heavy atom. The van der Waals surface area contributed by atoms with Gasteiger partial charge in [-0.1, -0.05) is 5.16 Å². The molecule has 0 bridgehead atoms. The van der Waals surface area contributed by atoms with E-state index in [1.165, 1.54) is 55.5 Å². The summed E-state index contributed by atoms with van der Waals surface area (Å²) in [6.45, 7) is 4.70. The zero-order valence-corrected chi connectivity index (χ0v) is 18.5. The minimum atomic E-state index is -3.95. The first kappa shape index (κ1) is 22.3. The zero-order chi connectivity index (χ0) is 22.8. The molecule has 1 amide bonds. The first-order valence-corrected chi connectivity index (χ1v) is 11.9. The molecule has 0 aliphatic heterocycles. The van der Waals surface area contributed by atoms with Crippen LogP contribution < -0.4 is 14.8 Å². The molecule has 1 heterocycles. The zero-order valence-electron chi connectivity index (χ0n) is 16.8. The molecule has 164 valence electrons. The number of nitrogens with zero attached hydrogens (tertiary/aromatic N) is 1. The van der Waals surface area contributed by atoms with Gasteiger partial charge in [-0.25, -0.2) is 21.6 Å². The molecular formula is C19H20N4O6S2. The van der Waals surface area contributed by atoms with Crippen LogP contribution in [0.4, 0.5) is 17.3 Å². The molecule has 3 aromatic rings. The van der Waals surface area contributed by atoms with E-state index in [0.29, 0.717) is 16.9 Å².